The molecule has 2 amide bonds. The maximum atomic E-state index is 13.1. The molecule has 6 heteroatoms. The average molecular weight is 308 g/mol. The number of carbonyl (C=O) groups is 2. The van der Waals surface area contributed by atoms with Crippen molar-refractivity contribution >= 4 is 17.7 Å². The zero-order valence-electron chi connectivity index (χ0n) is 13.1. The second kappa shape index (κ2) is 6.34. The van der Waals surface area contributed by atoms with Crippen molar-refractivity contribution in [2.45, 2.75) is 45.3 Å². The zero-order chi connectivity index (χ0) is 16.3. The smallest absolute Gasteiger partial charge is 0.410 e. The van der Waals surface area contributed by atoms with Crippen LogP contribution in [0.5, 0.6) is 0 Å². The van der Waals surface area contributed by atoms with Gasteiger partial charge in [-0.15, -0.1) is 0 Å². The van der Waals surface area contributed by atoms with Gasteiger partial charge in [-0.2, -0.15) is 0 Å². The molecular weight excluding hydrogens is 287 g/mol. The predicted octanol–water partition coefficient (Wildman–Crippen LogP) is 3.16. The summed E-state index contributed by atoms with van der Waals surface area (Å²) < 4.78 is 18.5. The minimum absolute atomic E-state index is 0.325. The number of hydrogen-bond acceptors (Lipinski definition) is 3. The van der Waals surface area contributed by atoms with E-state index in [1.54, 1.807) is 26.8 Å². The van der Waals surface area contributed by atoms with E-state index in [1.807, 2.05) is 0 Å². The highest BCUT2D eigenvalue weighted by Gasteiger charge is 2.36. The molecule has 120 valence electrons. The van der Waals surface area contributed by atoms with E-state index in [2.05, 4.69) is 5.32 Å². The van der Waals surface area contributed by atoms with Crippen LogP contribution in [0.15, 0.2) is 24.3 Å². The second-order valence-corrected chi connectivity index (χ2v) is 6.33. The van der Waals surface area contributed by atoms with Gasteiger partial charge in [-0.25, -0.2) is 9.18 Å². The first kappa shape index (κ1) is 16.3. The fourth-order valence-corrected chi connectivity index (χ4v) is 2.37. The molecule has 1 aliphatic heterocycles. The van der Waals surface area contributed by atoms with Crippen molar-refractivity contribution in [1.82, 2.24) is 4.90 Å². The Balaban J connectivity index is 2.03. The van der Waals surface area contributed by atoms with E-state index >= 15 is 0 Å². The molecule has 2 rings (SSSR count). The third-order valence-electron chi connectivity index (χ3n) is 3.28. The van der Waals surface area contributed by atoms with Crippen LogP contribution in [0.2, 0.25) is 0 Å². The predicted molar refractivity (Wildman–Crippen MR) is 81.0 cm³/mol. The van der Waals surface area contributed by atoms with Crippen molar-refractivity contribution in [2.75, 3.05) is 11.9 Å². The molecular formula is C16H21FN2O3. The van der Waals surface area contributed by atoms with Gasteiger partial charge in [0.15, 0.2) is 0 Å². The molecule has 0 saturated carbocycles. The Bertz CT molecular complexity index is 569. The number of carbonyl (C=O) groups excluding carboxylic acids is 2. The molecule has 1 saturated heterocycles. The fraction of sp³-hybridized carbons (Fsp3) is 0.500. The highest BCUT2D eigenvalue weighted by molar-refractivity contribution is 5.96. The lowest BCUT2D eigenvalue weighted by Crippen LogP contribution is -2.45. The summed E-state index contributed by atoms with van der Waals surface area (Å²) in [5, 5.41) is 2.64. The first-order valence-corrected chi connectivity index (χ1v) is 7.32. The molecule has 0 spiro atoms. The maximum absolute atomic E-state index is 13.1. The SMILES string of the molecule is CC(C)(C)OC(=O)N1CCC[C@H]1C(=O)Nc1cccc(F)c1. The lowest BCUT2D eigenvalue weighted by molar-refractivity contribution is -0.120. The minimum atomic E-state index is -0.608. The molecule has 0 unspecified atom stereocenters. The van der Waals surface area contributed by atoms with E-state index in [0.29, 0.717) is 18.7 Å². The lowest BCUT2D eigenvalue weighted by atomic mass is 10.2. The van der Waals surface area contributed by atoms with Gasteiger partial charge in [-0.1, -0.05) is 6.07 Å². The first-order valence-electron chi connectivity index (χ1n) is 7.32. The van der Waals surface area contributed by atoms with Crippen LogP contribution in [-0.4, -0.2) is 35.1 Å². The van der Waals surface area contributed by atoms with Crippen LogP contribution >= 0.6 is 0 Å². The number of nitrogens with zero attached hydrogens (tertiary/aromatic N) is 1. The Hall–Kier alpha value is -2.11. The van der Waals surface area contributed by atoms with E-state index in [-0.39, 0.29) is 5.91 Å². The van der Waals surface area contributed by atoms with Crippen molar-refractivity contribution in [3.8, 4) is 0 Å². The molecule has 0 aromatic heterocycles. The van der Waals surface area contributed by atoms with Crippen molar-refractivity contribution in [3.63, 3.8) is 0 Å². The third kappa shape index (κ3) is 4.19. The van der Waals surface area contributed by atoms with Crippen LogP contribution < -0.4 is 5.32 Å². The molecule has 1 aliphatic rings. The third-order valence-corrected chi connectivity index (χ3v) is 3.28. The number of rotatable bonds is 2. The molecule has 22 heavy (non-hydrogen) atoms. The van der Waals surface area contributed by atoms with Crippen molar-refractivity contribution in [2.24, 2.45) is 0 Å². The summed E-state index contributed by atoms with van der Waals surface area (Å²) in [4.78, 5) is 25.9. The van der Waals surface area contributed by atoms with E-state index in [0.717, 1.165) is 6.42 Å². The van der Waals surface area contributed by atoms with Gasteiger partial charge < -0.3 is 10.1 Å². The molecule has 1 aromatic rings. The van der Waals surface area contributed by atoms with Gasteiger partial charge in [-0.3, -0.25) is 9.69 Å². The molecule has 1 atom stereocenters. The summed E-state index contributed by atoms with van der Waals surface area (Å²) in [5.74, 6) is -0.748. The van der Waals surface area contributed by atoms with Crippen LogP contribution in [0.3, 0.4) is 0 Å². The van der Waals surface area contributed by atoms with E-state index in [4.69, 9.17) is 4.74 Å². The van der Waals surface area contributed by atoms with Gasteiger partial charge >= 0.3 is 6.09 Å². The first-order chi connectivity index (χ1) is 10.3. The number of nitrogens with one attached hydrogen (secondary N) is 1. The van der Waals surface area contributed by atoms with Gasteiger partial charge in [0, 0.05) is 12.2 Å². The quantitative estimate of drug-likeness (QED) is 0.913. The lowest BCUT2D eigenvalue weighted by Gasteiger charge is -2.28. The Kier molecular flexibility index (Phi) is 4.68. The summed E-state index contributed by atoms with van der Waals surface area (Å²) in [6.45, 7) is 5.82. The minimum Gasteiger partial charge on any atom is -0.444 e. The van der Waals surface area contributed by atoms with E-state index in [1.165, 1.54) is 23.1 Å². The summed E-state index contributed by atoms with van der Waals surface area (Å²) in [7, 11) is 0. The highest BCUT2D eigenvalue weighted by atomic mass is 19.1. The van der Waals surface area contributed by atoms with E-state index < -0.39 is 23.6 Å². The Morgan fingerprint density at radius 3 is 2.73 bits per heavy atom. The molecule has 0 aliphatic carbocycles. The van der Waals surface area contributed by atoms with Crippen LogP contribution in [-0.2, 0) is 9.53 Å². The van der Waals surface area contributed by atoms with Crippen LogP contribution in [0.1, 0.15) is 33.6 Å². The Morgan fingerprint density at radius 2 is 2.09 bits per heavy atom. The Morgan fingerprint density at radius 1 is 1.36 bits per heavy atom. The number of amides is 2. The molecule has 5 nitrogen and oxygen atoms in total. The molecule has 1 fully saturated rings. The highest BCUT2D eigenvalue weighted by Crippen LogP contribution is 2.22. The molecule has 0 bridgehead atoms. The topological polar surface area (TPSA) is 58.6 Å². The summed E-state index contributed by atoms with van der Waals surface area (Å²) in [6, 6.07) is 5.08. The van der Waals surface area contributed by atoms with Gasteiger partial charge in [0.2, 0.25) is 5.91 Å². The van der Waals surface area contributed by atoms with Gasteiger partial charge in [0.05, 0.1) is 0 Å². The molecule has 0 radical (unpaired) electrons. The summed E-state index contributed by atoms with van der Waals surface area (Å²) in [6.07, 6.45) is 0.810. The summed E-state index contributed by atoms with van der Waals surface area (Å²) in [5.41, 5.74) is -0.232. The van der Waals surface area contributed by atoms with E-state index in [9.17, 15) is 14.0 Å². The monoisotopic (exact) mass is 308 g/mol. The van der Waals surface area contributed by atoms with Crippen LogP contribution in [0.25, 0.3) is 0 Å². The summed E-state index contributed by atoms with van der Waals surface area (Å²) >= 11 is 0. The van der Waals surface area contributed by atoms with Gasteiger partial charge in [0.1, 0.15) is 17.5 Å². The Labute approximate surface area is 129 Å². The van der Waals surface area contributed by atoms with Crippen LogP contribution in [0, 0.1) is 5.82 Å². The number of halogens is 1. The van der Waals surface area contributed by atoms with Gasteiger partial charge in [-0.05, 0) is 51.8 Å². The van der Waals surface area contributed by atoms with Crippen molar-refractivity contribution in [3.05, 3.63) is 30.1 Å². The largest absolute Gasteiger partial charge is 0.444 e. The fourth-order valence-electron chi connectivity index (χ4n) is 2.37. The number of anilines is 1. The number of ether oxygens (including phenoxy) is 1. The zero-order valence-corrected chi connectivity index (χ0v) is 13.1. The number of hydrogen-bond donors (Lipinski definition) is 1. The van der Waals surface area contributed by atoms with Crippen molar-refractivity contribution in [1.29, 1.82) is 0 Å². The second-order valence-electron chi connectivity index (χ2n) is 6.33. The maximum Gasteiger partial charge on any atom is 0.410 e. The van der Waals surface area contributed by atoms with Crippen molar-refractivity contribution < 1.29 is 18.7 Å². The molecule has 1 heterocycles. The standard InChI is InChI=1S/C16H21FN2O3/c1-16(2,3)22-15(21)19-9-5-8-13(19)14(20)18-12-7-4-6-11(17)10-12/h4,6-7,10,13H,5,8-9H2,1-3H3,(H,18,20)/t13-/m0/s1. The number of benzene rings is 1. The normalized spacial score (nSPS) is 18.2. The molecule has 1 aromatic carbocycles. The molecule has 1 N–H and O–H groups in total. The van der Waals surface area contributed by atoms with Crippen LogP contribution in [0.4, 0.5) is 14.9 Å². The average Bonchev–Trinajstić information content (AvgIpc) is 2.85. The van der Waals surface area contributed by atoms with Gasteiger partial charge in [0.25, 0.3) is 0 Å². The number of likely N-dealkylation sites (tertiary alicyclic amines) is 1.